The summed E-state index contributed by atoms with van der Waals surface area (Å²) >= 11 is 1.44. The van der Waals surface area contributed by atoms with E-state index in [-0.39, 0.29) is 37.5 Å². The van der Waals surface area contributed by atoms with E-state index in [1.54, 1.807) is 5.38 Å². The Morgan fingerprint density at radius 2 is 2.04 bits per heavy atom. The van der Waals surface area contributed by atoms with E-state index in [0.29, 0.717) is 11.5 Å². The zero-order chi connectivity index (χ0) is 18.9. The maximum atomic E-state index is 12.5. The Morgan fingerprint density at radius 3 is 2.62 bits per heavy atom. The zero-order valence-electron chi connectivity index (χ0n) is 13.7. The molecule has 26 heavy (non-hydrogen) atoms. The van der Waals surface area contributed by atoms with Gasteiger partial charge in [0.25, 0.3) is 5.91 Å². The van der Waals surface area contributed by atoms with Gasteiger partial charge in [0.2, 0.25) is 0 Å². The van der Waals surface area contributed by atoms with Crippen molar-refractivity contribution in [3.05, 3.63) is 22.1 Å². The van der Waals surface area contributed by atoms with Gasteiger partial charge in [0, 0.05) is 30.6 Å². The Hall–Kier alpha value is -2.43. The number of rotatable bonds is 3. The van der Waals surface area contributed by atoms with Crippen LogP contribution in [0.2, 0.25) is 0 Å². The van der Waals surface area contributed by atoms with Crippen LogP contribution in [0.5, 0.6) is 0 Å². The molecule has 3 rings (SSSR count). The Kier molecular flexibility index (Phi) is 4.99. The van der Waals surface area contributed by atoms with Crippen molar-refractivity contribution in [3.8, 4) is 11.5 Å². The van der Waals surface area contributed by atoms with Gasteiger partial charge in [-0.15, -0.1) is 11.3 Å². The third-order valence-corrected chi connectivity index (χ3v) is 4.75. The predicted molar refractivity (Wildman–Crippen MR) is 85.5 cm³/mol. The maximum Gasteiger partial charge on any atom is 0.471 e. The average Bonchev–Trinajstić information content (AvgIpc) is 3.23. The lowest BCUT2D eigenvalue weighted by Gasteiger charge is -2.32. The van der Waals surface area contributed by atoms with Crippen molar-refractivity contribution in [2.24, 2.45) is 0 Å². The molecule has 0 unspecified atom stereocenters. The molecule has 3 heterocycles. The van der Waals surface area contributed by atoms with Crippen LogP contribution in [0.15, 0.2) is 16.0 Å². The minimum absolute atomic E-state index is 0.114. The number of piperidine rings is 1. The Bertz CT molecular complexity index is 809. The minimum Gasteiger partial charge on any atom is -0.354 e. The van der Waals surface area contributed by atoms with Crippen molar-refractivity contribution in [2.75, 3.05) is 13.1 Å². The fraction of sp³-hybridized carbons (Fsp3) is 0.467. The SMILES string of the molecule is Cc1nc(-c2cc(C(=O)N3CCC(NC(=O)C(F)(F)F)CC3)no2)cs1. The van der Waals surface area contributed by atoms with E-state index in [1.165, 1.54) is 22.3 Å². The van der Waals surface area contributed by atoms with Crippen LogP contribution in [0.25, 0.3) is 11.5 Å². The van der Waals surface area contributed by atoms with Crippen molar-refractivity contribution in [1.82, 2.24) is 20.4 Å². The van der Waals surface area contributed by atoms with Gasteiger partial charge in [-0.1, -0.05) is 5.16 Å². The van der Waals surface area contributed by atoms with Crippen molar-refractivity contribution < 1.29 is 27.3 Å². The largest absolute Gasteiger partial charge is 0.471 e. The lowest BCUT2D eigenvalue weighted by molar-refractivity contribution is -0.174. The molecule has 140 valence electrons. The Morgan fingerprint density at radius 1 is 1.35 bits per heavy atom. The molecule has 7 nitrogen and oxygen atoms in total. The van der Waals surface area contributed by atoms with Crippen LogP contribution < -0.4 is 5.32 Å². The number of aryl methyl sites for hydroxylation is 1. The number of carbonyl (C=O) groups is 2. The summed E-state index contributed by atoms with van der Waals surface area (Å²) in [4.78, 5) is 29.1. The summed E-state index contributed by atoms with van der Waals surface area (Å²) in [5, 5.41) is 8.34. The van der Waals surface area contributed by atoms with Gasteiger partial charge < -0.3 is 14.7 Å². The molecule has 0 atom stereocenters. The van der Waals surface area contributed by atoms with Crippen LogP contribution in [0.3, 0.4) is 0 Å². The van der Waals surface area contributed by atoms with Gasteiger partial charge >= 0.3 is 12.1 Å². The number of carbonyl (C=O) groups excluding carboxylic acids is 2. The molecule has 0 spiro atoms. The number of aromatic nitrogens is 2. The molecular formula is C15H15F3N4O3S. The van der Waals surface area contributed by atoms with Gasteiger partial charge in [-0.25, -0.2) is 4.98 Å². The van der Waals surface area contributed by atoms with Gasteiger partial charge in [0.15, 0.2) is 11.5 Å². The molecule has 1 saturated heterocycles. The summed E-state index contributed by atoms with van der Waals surface area (Å²) in [6.07, 6.45) is -4.43. The van der Waals surface area contributed by atoms with E-state index in [1.807, 2.05) is 12.2 Å². The third kappa shape index (κ3) is 4.03. The van der Waals surface area contributed by atoms with Crippen LogP contribution in [-0.2, 0) is 4.79 Å². The highest BCUT2D eigenvalue weighted by Gasteiger charge is 2.40. The van der Waals surface area contributed by atoms with Crippen LogP contribution in [0.1, 0.15) is 28.3 Å². The first-order chi connectivity index (χ1) is 12.2. The van der Waals surface area contributed by atoms with Gasteiger partial charge in [0.05, 0.1) is 5.01 Å². The molecule has 1 aliphatic rings. The van der Waals surface area contributed by atoms with Crippen molar-refractivity contribution in [3.63, 3.8) is 0 Å². The number of thiazole rings is 1. The molecule has 0 aliphatic carbocycles. The number of likely N-dealkylation sites (tertiary alicyclic amines) is 1. The van der Waals surface area contributed by atoms with Crippen LogP contribution in [-0.4, -0.2) is 52.2 Å². The highest BCUT2D eigenvalue weighted by molar-refractivity contribution is 7.09. The number of alkyl halides is 3. The lowest BCUT2D eigenvalue weighted by atomic mass is 10.0. The molecule has 0 aromatic carbocycles. The number of hydrogen-bond acceptors (Lipinski definition) is 6. The van der Waals surface area contributed by atoms with E-state index in [0.717, 1.165) is 5.01 Å². The average molecular weight is 388 g/mol. The number of halogens is 3. The molecule has 1 aliphatic heterocycles. The van der Waals surface area contributed by atoms with E-state index in [2.05, 4.69) is 10.1 Å². The molecule has 1 N–H and O–H groups in total. The number of hydrogen-bond donors (Lipinski definition) is 1. The summed E-state index contributed by atoms with van der Waals surface area (Å²) in [6.45, 7) is 2.29. The highest BCUT2D eigenvalue weighted by Crippen LogP contribution is 2.23. The topological polar surface area (TPSA) is 88.3 Å². The normalized spacial score (nSPS) is 15.9. The second-order valence-electron chi connectivity index (χ2n) is 5.87. The second kappa shape index (κ2) is 7.06. The number of nitrogens with zero attached hydrogens (tertiary/aromatic N) is 3. The Labute approximate surface area is 150 Å². The van der Waals surface area contributed by atoms with Gasteiger partial charge in [0.1, 0.15) is 5.69 Å². The number of amides is 2. The van der Waals surface area contributed by atoms with Gasteiger partial charge in [-0.05, 0) is 19.8 Å². The monoisotopic (exact) mass is 388 g/mol. The summed E-state index contributed by atoms with van der Waals surface area (Å²) in [5.74, 6) is -1.94. The first-order valence-electron chi connectivity index (χ1n) is 7.80. The fourth-order valence-electron chi connectivity index (χ4n) is 2.63. The third-order valence-electron chi connectivity index (χ3n) is 3.98. The molecule has 0 saturated carbocycles. The molecule has 2 aromatic heterocycles. The molecule has 1 fully saturated rings. The van der Waals surface area contributed by atoms with Gasteiger partial charge in [-0.3, -0.25) is 9.59 Å². The molecule has 11 heteroatoms. The van der Waals surface area contributed by atoms with E-state index < -0.39 is 18.1 Å². The standard InChI is InChI=1S/C15H15F3N4O3S/c1-8-19-11(7-26-8)12-6-10(21-25-12)13(23)22-4-2-9(3-5-22)20-14(24)15(16,17)18/h6-7,9H,2-5H2,1H3,(H,20,24). The first kappa shape index (κ1) is 18.4. The van der Waals surface area contributed by atoms with Gasteiger partial charge in [-0.2, -0.15) is 13.2 Å². The molecule has 2 aromatic rings. The molecule has 0 radical (unpaired) electrons. The molecule has 0 bridgehead atoms. The maximum absolute atomic E-state index is 12.5. The van der Waals surface area contributed by atoms with E-state index >= 15 is 0 Å². The van der Waals surface area contributed by atoms with Crippen LogP contribution in [0, 0.1) is 6.92 Å². The lowest BCUT2D eigenvalue weighted by Crippen LogP contribution is -2.49. The quantitative estimate of drug-likeness (QED) is 0.872. The predicted octanol–water partition coefficient (Wildman–Crippen LogP) is 2.39. The minimum atomic E-state index is -4.90. The van der Waals surface area contributed by atoms with Crippen LogP contribution >= 0.6 is 11.3 Å². The zero-order valence-corrected chi connectivity index (χ0v) is 14.5. The number of nitrogens with one attached hydrogen (secondary N) is 1. The summed E-state index contributed by atoms with van der Waals surface area (Å²) in [5.41, 5.74) is 0.705. The van der Waals surface area contributed by atoms with Crippen LogP contribution in [0.4, 0.5) is 13.2 Å². The van der Waals surface area contributed by atoms with Crippen molar-refractivity contribution >= 4 is 23.2 Å². The highest BCUT2D eigenvalue weighted by atomic mass is 32.1. The van der Waals surface area contributed by atoms with Crippen molar-refractivity contribution in [1.29, 1.82) is 0 Å². The summed E-state index contributed by atoms with van der Waals surface area (Å²) < 4.78 is 42.0. The molecule has 2 amide bonds. The summed E-state index contributed by atoms with van der Waals surface area (Å²) in [7, 11) is 0. The van der Waals surface area contributed by atoms with E-state index in [9.17, 15) is 22.8 Å². The Balaban J connectivity index is 1.57. The fourth-order valence-corrected chi connectivity index (χ4v) is 3.23. The van der Waals surface area contributed by atoms with E-state index in [4.69, 9.17) is 4.52 Å². The molecular weight excluding hydrogens is 373 g/mol. The van der Waals surface area contributed by atoms with Crippen molar-refractivity contribution in [2.45, 2.75) is 32.0 Å². The first-order valence-corrected chi connectivity index (χ1v) is 8.68. The smallest absolute Gasteiger partial charge is 0.354 e. The summed E-state index contributed by atoms with van der Waals surface area (Å²) in [6, 6.07) is 0.882. The second-order valence-corrected chi connectivity index (χ2v) is 6.93.